The quantitative estimate of drug-likeness (QED) is 0.713. The summed E-state index contributed by atoms with van der Waals surface area (Å²) in [4.78, 5) is 12.6. The molecule has 1 atom stereocenters. The van der Waals surface area contributed by atoms with Crippen LogP contribution in [0.15, 0.2) is 66.7 Å². The molecular weight excluding hydrogens is 314 g/mol. The van der Waals surface area contributed by atoms with E-state index in [1.807, 2.05) is 67.6 Å². The second kappa shape index (κ2) is 7.71. The molecule has 4 nitrogen and oxygen atoms in total. The molecular formula is C21H21NO3. The summed E-state index contributed by atoms with van der Waals surface area (Å²) in [5, 5.41) is 5.16. The fourth-order valence-electron chi connectivity index (χ4n) is 2.68. The van der Waals surface area contributed by atoms with E-state index in [1.54, 1.807) is 13.2 Å². The molecule has 3 rings (SSSR count). The molecule has 1 amide bonds. The number of nitrogens with one attached hydrogen (secondary N) is 1. The first kappa shape index (κ1) is 16.8. The van der Waals surface area contributed by atoms with Gasteiger partial charge in [0.2, 0.25) is 0 Å². The van der Waals surface area contributed by atoms with Crippen molar-refractivity contribution in [2.45, 2.75) is 19.4 Å². The van der Waals surface area contributed by atoms with Crippen molar-refractivity contribution in [2.75, 3.05) is 12.4 Å². The molecule has 0 aromatic heterocycles. The molecule has 3 aromatic rings. The molecule has 25 heavy (non-hydrogen) atoms. The summed E-state index contributed by atoms with van der Waals surface area (Å²) < 4.78 is 11.2. The van der Waals surface area contributed by atoms with E-state index in [9.17, 15) is 4.79 Å². The number of carbonyl (C=O) groups excluding carboxylic acids is 1. The Balaban J connectivity index is 1.75. The molecule has 0 bridgehead atoms. The lowest BCUT2D eigenvalue weighted by Gasteiger charge is -2.19. The van der Waals surface area contributed by atoms with Gasteiger partial charge in [0, 0.05) is 5.69 Å². The number of fused-ring (bicyclic) bond motifs is 1. The molecule has 0 aliphatic rings. The van der Waals surface area contributed by atoms with E-state index >= 15 is 0 Å². The van der Waals surface area contributed by atoms with Crippen LogP contribution in [0.4, 0.5) is 5.69 Å². The number of hydrogen-bond donors (Lipinski definition) is 1. The van der Waals surface area contributed by atoms with Crippen molar-refractivity contribution in [2.24, 2.45) is 0 Å². The summed E-state index contributed by atoms with van der Waals surface area (Å²) in [6, 6.07) is 21.2. The first-order chi connectivity index (χ1) is 12.2. The predicted octanol–water partition coefficient (Wildman–Crippen LogP) is 4.64. The number of rotatable bonds is 6. The molecule has 0 radical (unpaired) electrons. The Labute approximate surface area is 147 Å². The zero-order chi connectivity index (χ0) is 17.6. The number of carbonyl (C=O) groups is 1. The minimum Gasteiger partial charge on any atom is -0.493 e. The van der Waals surface area contributed by atoms with Crippen LogP contribution in [0.2, 0.25) is 0 Å². The molecule has 0 saturated carbocycles. The van der Waals surface area contributed by atoms with Gasteiger partial charge in [-0.2, -0.15) is 0 Å². The van der Waals surface area contributed by atoms with Crippen LogP contribution in [0, 0.1) is 0 Å². The van der Waals surface area contributed by atoms with Gasteiger partial charge in [-0.1, -0.05) is 49.4 Å². The summed E-state index contributed by atoms with van der Waals surface area (Å²) in [6.45, 7) is 1.92. The monoisotopic (exact) mass is 335 g/mol. The van der Waals surface area contributed by atoms with Gasteiger partial charge in [0.25, 0.3) is 5.91 Å². The van der Waals surface area contributed by atoms with E-state index in [0.29, 0.717) is 17.9 Å². The number of benzene rings is 3. The van der Waals surface area contributed by atoms with Crippen LogP contribution in [0.3, 0.4) is 0 Å². The van der Waals surface area contributed by atoms with Gasteiger partial charge in [0.05, 0.1) is 7.11 Å². The second-order valence-electron chi connectivity index (χ2n) is 5.72. The standard InChI is InChI=1S/C21H21NO3/c1-3-18(25-20-11-7-6-10-19(20)24-2)21(23)22-17-13-12-15-8-4-5-9-16(15)14-17/h4-14,18H,3H2,1-2H3,(H,22,23)/t18-/m0/s1. The van der Waals surface area contributed by atoms with Crippen molar-refractivity contribution in [1.82, 2.24) is 0 Å². The molecule has 0 aliphatic heterocycles. The third-order valence-electron chi connectivity index (χ3n) is 4.02. The normalized spacial score (nSPS) is 11.8. The highest BCUT2D eigenvalue weighted by molar-refractivity contribution is 5.96. The molecule has 0 unspecified atom stereocenters. The van der Waals surface area contributed by atoms with Crippen LogP contribution in [0.5, 0.6) is 11.5 Å². The van der Waals surface area contributed by atoms with E-state index < -0.39 is 6.10 Å². The topological polar surface area (TPSA) is 47.6 Å². The molecule has 128 valence electrons. The van der Waals surface area contributed by atoms with Crippen LogP contribution in [-0.2, 0) is 4.79 Å². The summed E-state index contributed by atoms with van der Waals surface area (Å²) in [5.41, 5.74) is 0.755. The Morgan fingerprint density at radius 1 is 0.960 bits per heavy atom. The average molecular weight is 335 g/mol. The molecule has 1 N–H and O–H groups in total. The van der Waals surface area contributed by atoms with Crippen LogP contribution in [0.25, 0.3) is 10.8 Å². The Morgan fingerprint density at radius 3 is 2.36 bits per heavy atom. The van der Waals surface area contributed by atoms with Gasteiger partial charge in [-0.3, -0.25) is 4.79 Å². The first-order valence-electron chi connectivity index (χ1n) is 8.30. The smallest absolute Gasteiger partial charge is 0.265 e. The second-order valence-corrected chi connectivity index (χ2v) is 5.72. The number of hydrogen-bond acceptors (Lipinski definition) is 3. The van der Waals surface area contributed by atoms with Crippen LogP contribution in [0.1, 0.15) is 13.3 Å². The highest BCUT2D eigenvalue weighted by Gasteiger charge is 2.20. The Bertz CT molecular complexity index is 876. The summed E-state index contributed by atoms with van der Waals surface area (Å²) in [6.07, 6.45) is -0.0416. The Morgan fingerprint density at radius 2 is 1.64 bits per heavy atom. The molecule has 0 spiro atoms. The number of para-hydroxylation sites is 2. The lowest BCUT2D eigenvalue weighted by molar-refractivity contribution is -0.122. The minimum atomic E-state index is -0.595. The highest BCUT2D eigenvalue weighted by atomic mass is 16.5. The first-order valence-corrected chi connectivity index (χ1v) is 8.30. The zero-order valence-corrected chi connectivity index (χ0v) is 14.4. The third-order valence-corrected chi connectivity index (χ3v) is 4.02. The molecule has 0 fully saturated rings. The fourth-order valence-corrected chi connectivity index (χ4v) is 2.68. The van der Waals surface area contributed by atoms with Gasteiger partial charge in [-0.05, 0) is 41.5 Å². The van der Waals surface area contributed by atoms with E-state index in [0.717, 1.165) is 16.5 Å². The van der Waals surface area contributed by atoms with Crippen LogP contribution < -0.4 is 14.8 Å². The zero-order valence-electron chi connectivity index (χ0n) is 14.4. The maximum Gasteiger partial charge on any atom is 0.265 e. The summed E-state index contributed by atoms with van der Waals surface area (Å²) >= 11 is 0. The summed E-state index contributed by atoms with van der Waals surface area (Å²) in [5.74, 6) is 0.994. The van der Waals surface area contributed by atoms with Crippen molar-refractivity contribution in [1.29, 1.82) is 0 Å². The molecule has 3 aromatic carbocycles. The van der Waals surface area contributed by atoms with E-state index in [4.69, 9.17) is 9.47 Å². The van der Waals surface area contributed by atoms with E-state index in [2.05, 4.69) is 5.32 Å². The van der Waals surface area contributed by atoms with Crippen molar-refractivity contribution >= 4 is 22.4 Å². The van der Waals surface area contributed by atoms with Gasteiger partial charge in [-0.25, -0.2) is 0 Å². The van der Waals surface area contributed by atoms with Gasteiger partial charge < -0.3 is 14.8 Å². The number of methoxy groups -OCH3 is 1. The van der Waals surface area contributed by atoms with E-state index in [1.165, 1.54) is 0 Å². The maximum atomic E-state index is 12.6. The lowest BCUT2D eigenvalue weighted by atomic mass is 10.1. The number of amides is 1. The SMILES string of the molecule is CC[C@H](Oc1ccccc1OC)C(=O)Nc1ccc2ccccc2c1. The fraction of sp³-hybridized carbons (Fsp3) is 0.190. The largest absolute Gasteiger partial charge is 0.493 e. The van der Waals surface area contributed by atoms with Gasteiger partial charge in [0.15, 0.2) is 17.6 Å². The maximum absolute atomic E-state index is 12.6. The van der Waals surface area contributed by atoms with Crippen molar-refractivity contribution in [3.05, 3.63) is 66.7 Å². The predicted molar refractivity (Wildman–Crippen MR) is 100 cm³/mol. The third kappa shape index (κ3) is 3.91. The van der Waals surface area contributed by atoms with Crippen molar-refractivity contribution in [3.63, 3.8) is 0 Å². The molecule has 0 aliphatic carbocycles. The van der Waals surface area contributed by atoms with Gasteiger partial charge >= 0.3 is 0 Å². The molecule has 4 heteroatoms. The van der Waals surface area contributed by atoms with Crippen molar-refractivity contribution in [3.8, 4) is 11.5 Å². The van der Waals surface area contributed by atoms with E-state index in [-0.39, 0.29) is 5.91 Å². The highest BCUT2D eigenvalue weighted by Crippen LogP contribution is 2.27. The summed E-state index contributed by atoms with van der Waals surface area (Å²) in [7, 11) is 1.58. The van der Waals surface area contributed by atoms with Crippen LogP contribution >= 0.6 is 0 Å². The Hall–Kier alpha value is -3.01. The lowest BCUT2D eigenvalue weighted by Crippen LogP contribution is -2.32. The number of anilines is 1. The molecule has 0 heterocycles. The van der Waals surface area contributed by atoms with Gasteiger partial charge in [0.1, 0.15) is 0 Å². The van der Waals surface area contributed by atoms with Crippen molar-refractivity contribution < 1.29 is 14.3 Å². The minimum absolute atomic E-state index is 0.177. The average Bonchev–Trinajstić information content (AvgIpc) is 2.66. The molecule has 0 saturated heterocycles. The van der Waals surface area contributed by atoms with Crippen LogP contribution in [-0.4, -0.2) is 19.1 Å². The van der Waals surface area contributed by atoms with Gasteiger partial charge in [-0.15, -0.1) is 0 Å². The number of ether oxygens (including phenoxy) is 2. The Kier molecular flexibility index (Phi) is 5.19.